The number of aliphatic hydroxyl groups is 1. The van der Waals surface area contributed by atoms with Gasteiger partial charge in [0.1, 0.15) is 29.6 Å². The van der Waals surface area contributed by atoms with E-state index in [1.807, 2.05) is 30.3 Å². The molecule has 236 valence electrons. The maximum absolute atomic E-state index is 13.7. The van der Waals surface area contributed by atoms with E-state index in [1.165, 1.54) is 24.3 Å². The largest absolute Gasteiger partial charge is 0.507 e. The highest BCUT2D eigenvalue weighted by atomic mass is 32.1. The monoisotopic (exact) mass is 640 g/mol. The molecule has 1 aromatic heterocycles. The van der Waals surface area contributed by atoms with Gasteiger partial charge in [-0.25, -0.2) is 9.78 Å². The zero-order chi connectivity index (χ0) is 33.0. The number of rotatable bonds is 11. The molecule has 1 aliphatic rings. The van der Waals surface area contributed by atoms with Gasteiger partial charge in [0.2, 0.25) is 0 Å². The Labute approximate surface area is 269 Å². The quantitative estimate of drug-likeness (QED) is 0.0627. The molecule has 0 spiro atoms. The molecule has 0 radical (unpaired) electrons. The summed E-state index contributed by atoms with van der Waals surface area (Å²) in [6.45, 7) is 9.22. The van der Waals surface area contributed by atoms with Crippen molar-refractivity contribution in [1.29, 1.82) is 0 Å². The van der Waals surface area contributed by atoms with Crippen molar-refractivity contribution < 1.29 is 38.8 Å². The zero-order valence-corrected chi connectivity index (χ0v) is 26.3. The summed E-state index contributed by atoms with van der Waals surface area (Å²) in [5.74, 6) is -2.39. The second kappa shape index (κ2) is 13.7. The van der Waals surface area contributed by atoms with E-state index in [4.69, 9.17) is 14.2 Å². The number of aromatic nitrogens is 1. The van der Waals surface area contributed by atoms with Crippen molar-refractivity contribution in [3.8, 4) is 17.2 Å². The standard InChI is InChI=1S/C35H32N2O8S/c1-5-16-44-34(42)32-21(4)36-35(46-32)37-29(23-12-15-26(38)27(18-23)43-6-2)28(31(40)33(37)41)30(39)25-14-13-24(17-20(25)3)45-19-22-10-8-7-9-11-22/h5,7-15,17-18,29,38-39H,1,6,16,19H2,2-4H3/b30-28+/t29-/m1/s1. The Balaban J connectivity index is 1.60. The number of thiazole rings is 1. The van der Waals surface area contributed by atoms with Crippen LogP contribution >= 0.6 is 11.3 Å². The van der Waals surface area contributed by atoms with E-state index in [1.54, 1.807) is 39.0 Å². The van der Waals surface area contributed by atoms with E-state index in [0.717, 1.165) is 21.8 Å². The van der Waals surface area contributed by atoms with Gasteiger partial charge in [0.15, 0.2) is 16.6 Å². The third kappa shape index (κ3) is 6.36. The van der Waals surface area contributed by atoms with Crippen LogP contribution in [0, 0.1) is 13.8 Å². The van der Waals surface area contributed by atoms with Gasteiger partial charge < -0.3 is 24.4 Å². The van der Waals surface area contributed by atoms with Crippen LogP contribution in [0.15, 0.2) is 85.0 Å². The predicted molar refractivity (Wildman–Crippen MR) is 173 cm³/mol. The second-order valence-corrected chi connectivity index (χ2v) is 11.4. The SMILES string of the molecule is C=CCOC(=O)c1sc(N2C(=O)C(=O)/C(=C(/O)c3ccc(OCc4ccccc4)cc3C)[C@H]2c2ccc(O)c(OCC)c2)nc1C. The van der Waals surface area contributed by atoms with Crippen LogP contribution in [0.25, 0.3) is 5.76 Å². The van der Waals surface area contributed by atoms with Gasteiger partial charge in [0.05, 0.1) is 23.9 Å². The highest BCUT2D eigenvalue weighted by Gasteiger charge is 2.48. The molecule has 0 unspecified atom stereocenters. The van der Waals surface area contributed by atoms with Crippen LogP contribution in [0.3, 0.4) is 0 Å². The van der Waals surface area contributed by atoms with Crippen molar-refractivity contribution in [1.82, 2.24) is 4.98 Å². The van der Waals surface area contributed by atoms with Gasteiger partial charge in [-0.15, -0.1) is 0 Å². The van der Waals surface area contributed by atoms with E-state index in [9.17, 15) is 24.6 Å². The summed E-state index contributed by atoms with van der Waals surface area (Å²) in [6.07, 6.45) is 1.43. The first-order valence-corrected chi connectivity index (χ1v) is 15.3. The number of esters is 1. The number of aliphatic hydroxyl groups excluding tert-OH is 1. The van der Waals surface area contributed by atoms with Gasteiger partial charge in [-0.05, 0) is 67.8 Å². The smallest absolute Gasteiger partial charge is 0.350 e. The van der Waals surface area contributed by atoms with Crippen molar-refractivity contribution in [2.75, 3.05) is 18.1 Å². The van der Waals surface area contributed by atoms with E-state index >= 15 is 0 Å². The van der Waals surface area contributed by atoms with Crippen LogP contribution < -0.4 is 14.4 Å². The maximum atomic E-state index is 13.7. The average Bonchev–Trinajstić information content (AvgIpc) is 3.56. The molecule has 1 aliphatic heterocycles. The Morgan fingerprint density at radius 1 is 1.07 bits per heavy atom. The lowest BCUT2D eigenvalue weighted by Crippen LogP contribution is -2.29. The van der Waals surface area contributed by atoms with Crippen LogP contribution in [0.2, 0.25) is 0 Å². The lowest BCUT2D eigenvalue weighted by molar-refractivity contribution is -0.132. The Morgan fingerprint density at radius 2 is 1.83 bits per heavy atom. The molecule has 46 heavy (non-hydrogen) atoms. The number of anilines is 1. The van der Waals surface area contributed by atoms with Crippen LogP contribution in [-0.2, 0) is 20.9 Å². The Hall–Kier alpha value is -5.42. The third-order valence-electron chi connectivity index (χ3n) is 7.25. The number of nitrogens with zero attached hydrogens (tertiary/aromatic N) is 2. The normalized spacial score (nSPS) is 15.5. The summed E-state index contributed by atoms with van der Waals surface area (Å²) in [7, 11) is 0. The van der Waals surface area contributed by atoms with Crippen LogP contribution in [0.5, 0.6) is 17.2 Å². The summed E-state index contributed by atoms with van der Waals surface area (Å²) < 4.78 is 16.7. The highest BCUT2D eigenvalue weighted by molar-refractivity contribution is 7.17. The number of amides is 1. The Bertz CT molecular complexity index is 1850. The van der Waals surface area contributed by atoms with E-state index < -0.39 is 29.5 Å². The lowest BCUT2D eigenvalue weighted by Gasteiger charge is -2.24. The number of benzene rings is 3. The second-order valence-electron chi connectivity index (χ2n) is 10.4. The molecule has 2 heterocycles. The molecular formula is C35H32N2O8S. The van der Waals surface area contributed by atoms with Crippen LogP contribution in [0.4, 0.5) is 5.13 Å². The number of aryl methyl sites for hydroxylation is 2. The molecule has 1 saturated heterocycles. The topological polar surface area (TPSA) is 135 Å². The number of Topliss-reactive ketones (excluding diaryl/α,β-unsaturated/α-hetero) is 1. The van der Waals surface area contributed by atoms with E-state index in [2.05, 4.69) is 11.6 Å². The zero-order valence-electron chi connectivity index (χ0n) is 25.5. The number of hydrogen-bond donors (Lipinski definition) is 2. The van der Waals surface area contributed by atoms with Crippen molar-refractivity contribution >= 4 is 39.9 Å². The number of ether oxygens (including phenoxy) is 3. The van der Waals surface area contributed by atoms with E-state index in [0.29, 0.717) is 34.7 Å². The number of ketones is 1. The molecule has 0 saturated carbocycles. The van der Waals surface area contributed by atoms with Gasteiger partial charge in [0, 0.05) is 5.56 Å². The number of carbonyl (C=O) groups is 3. The number of aromatic hydroxyl groups is 1. The van der Waals surface area contributed by atoms with Crippen LogP contribution in [-0.4, -0.2) is 46.1 Å². The molecule has 11 heteroatoms. The lowest BCUT2D eigenvalue weighted by atomic mass is 9.93. The number of phenols is 1. The Morgan fingerprint density at radius 3 is 2.52 bits per heavy atom. The molecule has 5 rings (SSSR count). The summed E-state index contributed by atoms with van der Waals surface area (Å²) >= 11 is 0.887. The average molecular weight is 641 g/mol. The fourth-order valence-corrected chi connectivity index (χ4v) is 6.06. The molecular weight excluding hydrogens is 608 g/mol. The number of phenolic OH excluding ortho intramolecular Hbond substituents is 1. The third-order valence-corrected chi connectivity index (χ3v) is 8.39. The van der Waals surface area contributed by atoms with Crippen LogP contribution in [0.1, 0.15) is 50.6 Å². The summed E-state index contributed by atoms with van der Waals surface area (Å²) in [5.41, 5.74) is 2.39. The van der Waals surface area contributed by atoms with E-state index in [-0.39, 0.29) is 40.3 Å². The van der Waals surface area contributed by atoms with Crippen molar-refractivity contribution in [2.45, 2.75) is 33.4 Å². The number of hydrogen-bond acceptors (Lipinski definition) is 10. The molecule has 1 amide bonds. The molecule has 4 aromatic rings. The highest BCUT2D eigenvalue weighted by Crippen LogP contribution is 2.46. The van der Waals surface area contributed by atoms with Crippen molar-refractivity contribution in [2.24, 2.45) is 0 Å². The molecule has 1 atom stereocenters. The fraction of sp³-hybridized carbons (Fsp3) is 0.200. The predicted octanol–water partition coefficient (Wildman–Crippen LogP) is 6.41. The summed E-state index contributed by atoms with van der Waals surface area (Å²) in [6, 6.07) is 17.9. The van der Waals surface area contributed by atoms with Gasteiger partial charge in [-0.1, -0.05) is 60.4 Å². The molecule has 0 aliphatic carbocycles. The number of carbonyl (C=O) groups excluding carboxylic acids is 3. The molecule has 2 N–H and O–H groups in total. The van der Waals surface area contributed by atoms with Gasteiger partial charge in [-0.2, -0.15) is 0 Å². The minimum atomic E-state index is -1.17. The minimum absolute atomic E-state index is 0.0147. The minimum Gasteiger partial charge on any atom is -0.507 e. The van der Waals surface area contributed by atoms with Crippen molar-refractivity contribution in [3.63, 3.8) is 0 Å². The summed E-state index contributed by atoms with van der Waals surface area (Å²) in [5, 5.41) is 22.2. The molecule has 3 aromatic carbocycles. The summed E-state index contributed by atoms with van der Waals surface area (Å²) in [4.78, 5) is 45.9. The first-order valence-electron chi connectivity index (χ1n) is 14.4. The van der Waals surface area contributed by atoms with Gasteiger partial charge in [0.25, 0.3) is 5.78 Å². The molecule has 10 nitrogen and oxygen atoms in total. The van der Waals surface area contributed by atoms with Gasteiger partial charge >= 0.3 is 11.9 Å². The molecule has 0 bridgehead atoms. The Kier molecular flexibility index (Phi) is 9.53. The first-order chi connectivity index (χ1) is 22.1. The van der Waals surface area contributed by atoms with Crippen molar-refractivity contribution in [3.05, 3.63) is 118 Å². The first kappa shape index (κ1) is 32.0. The molecule has 1 fully saturated rings. The van der Waals surface area contributed by atoms with Gasteiger partial charge in [-0.3, -0.25) is 14.5 Å². The fourth-order valence-electron chi connectivity index (χ4n) is 5.07. The maximum Gasteiger partial charge on any atom is 0.350 e.